The molecule has 0 saturated carbocycles. The van der Waals surface area contributed by atoms with Crippen molar-refractivity contribution in [2.75, 3.05) is 19.6 Å². The van der Waals surface area contributed by atoms with Gasteiger partial charge in [0.25, 0.3) is 0 Å². The maximum Gasteiger partial charge on any atom is 0.312 e. The zero-order valence-corrected chi connectivity index (χ0v) is 11.6. The van der Waals surface area contributed by atoms with Crippen LogP contribution in [0.25, 0.3) is 0 Å². The first-order chi connectivity index (χ1) is 9.63. The first kappa shape index (κ1) is 14.5. The summed E-state index contributed by atoms with van der Waals surface area (Å²) < 4.78 is 0. The zero-order valence-electron chi connectivity index (χ0n) is 11.6. The van der Waals surface area contributed by atoms with Gasteiger partial charge in [0, 0.05) is 19.6 Å². The number of carbonyl (C=O) groups is 2. The molecular formula is C15H20N2O3. The molecule has 0 aromatic heterocycles. The molecule has 1 amide bonds. The molecule has 5 nitrogen and oxygen atoms in total. The highest BCUT2D eigenvalue weighted by Gasteiger charge is 2.32. The number of amides is 1. The lowest BCUT2D eigenvalue weighted by molar-refractivity contribution is -0.141. The fourth-order valence-electron chi connectivity index (χ4n) is 2.67. The lowest BCUT2D eigenvalue weighted by Gasteiger charge is -2.36. The predicted molar refractivity (Wildman–Crippen MR) is 75.5 cm³/mol. The molecule has 2 unspecified atom stereocenters. The van der Waals surface area contributed by atoms with Crippen LogP contribution in [0.2, 0.25) is 0 Å². The number of carboxylic acids is 1. The second-order valence-corrected chi connectivity index (χ2v) is 5.01. The number of nitrogens with one attached hydrogen (secondary N) is 1. The van der Waals surface area contributed by atoms with Gasteiger partial charge in [0.1, 0.15) is 0 Å². The molecule has 1 aromatic carbocycles. The fourth-order valence-corrected chi connectivity index (χ4v) is 2.67. The van der Waals surface area contributed by atoms with Crippen molar-refractivity contribution < 1.29 is 14.7 Å². The number of carboxylic acid groups (broad SMARTS) is 1. The van der Waals surface area contributed by atoms with Gasteiger partial charge in [-0.15, -0.1) is 0 Å². The van der Waals surface area contributed by atoms with Crippen molar-refractivity contribution in [3.63, 3.8) is 0 Å². The second-order valence-electron chi connectivity index (χ2n) is 5.01. The van der Waals surface area contributed by atoms with Gasteiger partial charge in [-0.25, -0.2) is 0 Å². The molecule has 0 radical (unpaired) electrons. The van der Waals surface area contributed by atoms with E-state index in [4.69, 9.17) is 0 Å². The number of hydrogen-bond donors (Lipinski definition) is 2. The first-order valence-corrected chi connectivity index (χ1v) is 6.93. The molecule has 1 aliphatic rings. The fraction of sp³-hybridized carbons (Fsp3) is 0.467. The molecule has 1 aromatic rings. The van der Waals surface area contributed by atoms with E-state index in [1.807, 2.05) is 42.2 Å². The van der Waals surface area contributed by atoms with Gasteiger partial charge in [-0.05, 0) is 12.0 Å². The van der Waals surface area contributed by atoms with Crippen LogP contribution in [0.5, 0.6) is 0 Å². The van der Waals surface area contributed by atoms with E-state index in [0.29, 0.717) is 26.1 Å². The van der Waals surface area contributed by atoms with Gasteiger partial charge >= 0.3 is 5.97 Å². The third-order valence-corrected chi connectivity index (χ3v) is 3.75. The molecule has 0 aliphatic carbocycles. The van der Waals surface area contributed by atoms with Crippen LogP contribution in [0, 0.1) is 0 Å². The molecule has 2 rings (SSSR count). The van der Waals surface area contributed by atoms with Crippen LogP contribution in [-0.2, 0) is 9.59 Å². The van der Waals surface area contributed by atoms with Gasteiger partial charge in [0.05, 0.1) is 12.0 Å². The van der Waals surface area contributed by atoms with Crippen LogP contribution in [0.3, 0.4) is 0 Å². The van der Waals surface area contributed by atoms with E-state index in [1.165, 1.54) is 0 Å². The average molecular weight is 276 g/mol. The van der Waals surface area contributed by atoms with Gasteiger partial charge in [-0.3, -0.25) is 14.5 Å². The smallest absolute Gasteiger partial charge is 0.312 e. The van der Waals surface area contributed by atoms with E-state index >= 15 is 0 Å². The van der Waals surface area contributed by atoms with E-state index in [-0.39, 0.29) is 11.9 Å². The van der Waals surface area contributed by atoms with Crippen LogP contribution in [0.4, 0.5) is 0 Å². The Morgan fingerprint density at radius 2 is 2.15 bits per heavy atom. The summed E-state index contributed by atoms with van der Waals surface area (Å²) in [6.45, 7) is 3.59. The maximum atomic E-state index is 11.8. The highest BCUT2D eigenvalue weighted by Crippen LogP contribution is 2.20. The Bertz CT molecular complexity index is 475. The van der Waals surface area contributed by atoms with E-state index in [0.717, 1.165) is 5.56 Å². The average Bonchev–Trinajstić information content (AvgIpc) is 2.45. The molecule has 20 heavy (non-hydrogen) atoms. The summed E-state index contributed by atoms with van der Waals surface area (Å²) in [6, 6.07) is 8.96. The molecular weight excluding hydrogens is 256 g/mol. The molecule has 1 fully saturated rings. The Balaban J connectivity index is 2.16. The molecule has 1 saturated heterocycles. The summed E-state index contributed by atoms with van der Waals surface area (Å²) in [7, 11) is 0. The minimum atomic E-state index is -0.850. The maximum absolute atomic E-state index is 11.8. The van der Waals surface area contributed by atoms with Crippen molar-refractivity contribution >= 4 is 11.9 Å². The second kappa shape index (κ2) is 6.52. The topological polar surface area (TPSA) is 69.6 Å². The Hall–Kier alpha value is -1.88. The van der Waals surface area contributed by atoms with Gasteiger partial charge in [-0.1, -0.05) is 37.3 Å². The lowest BCUT2D eigenvalue weighted by atomic mass is 9.97. The Labute approximate surface area is 118 Å². The SMILES string of the molecule is CCC1C(=O)NCCN1CC(C(=O)O)c1ccccc1. The van der Waals surface area contributed by atoms with E-state index < -0.39 is 11.9 Å². The number of hydrogen-bond acceptors (Lipinski definition) is 3. The van der Waals surface area contributed by atoms with Crippen molar-refractivity contribution in [2.24, 2.45) is 0 Å². The molecule has 0 bridgehead atoms. The largest absolute Gasteiger partial charge is 0.481 e. The minimum Gasteiger partial charge on any atom is -0.481 e. The van der Waals surface area contributed by atoms with Crippen LogP contribution in [0.15, 0.2) is 30.3 Å². The predicted octanol–water partition coefficient (Wildman–Crippen LogP) is 1.07. The van der Waals surface area contributed by atoms with Crippen LogP contribution in [-0.4, -0.2) is 47.6 Å². The molecule has 5 heteroatoms. The number of piperazine rings is 1. The summed E-state index contributed by atoms with van der Waals surface area (Å²) in [5.41, 5.74) is 0.779. The third-order valence-electron chi connectivity index (χ3n) is 3.75. The van der Waals surface area contributed by atoms with Crippen LogP contribution >= 0.6 is 0 Å². The monoisotopic (exact) mass is 276 g/mol. The quantitative estimate of drug-likeness (QED) is 0.844. The Morgan fingerprint density at radius 3 is 2.75 bits per heavy atom. The van der Waals surface area contributed by atoms with Crippen molar-refractivity contribution in [3.8, 4) is 0 Å². The van der Waals surface area contributed by atoms with Crippen molar-refractivity contribution in [2.45, 2.75) is 25.3 Å². The standard InChI is InChI=1S/C15H20N2O3/c1-2-13-14(18)16-8-9-17(13)10-12(15(19)20)11-6-4-3-5-7-11/h3-7,12-13H,2,8-10H2,1H3,(H,16,18)(H,19,20). The number of benzene rings is 1. The van der Waals surface area contributed by atoms with Gasteiger partial charge in [-0.2, -0.15) is 0 Å². The summed E-state index contributed by atoms with van der Waals surface area (Å²) in [5.74, 6) is -1.45. The molecule has 2 atom stereocenters. The van der Waals surface area contributed by atoms with Gasteiger partial charge in [0.15, 0.2) is 0 Å². The molecule has 2 N–H and O–H groups in total. The summed E-state index contributed by atoms with van der Waals surface area (Å²) in [6.07, 6.45) is 0.687. The molecule has 1 aliphatic heterocycles. The number of aliphatic carboxylic acids is 1. The number of carbonyl (C=O) groups excluding carboxylic acids is 1. The summed E-state index contributed by atoms with van der Waals surface area (Å²) >= 11 is 0. The molecule has 1 heterocycles. The molecule has 108 valence electrons. The van der Waals surface area contributed by atoms with Crippen molar-refractivity contribution in [3.05, 3.63) is 35.9 Å². The highest BCUT2D eigenvalue weighted by molar-refractivity contribution is 5.82. The Morgan fingerprint density at radius 1 is 1.45 bits per heavy atom. The number of nitrogens with zero attached hydrogens (tertiary/aromatic N) is 1. The summed E-state index contributed by atoms with van der Waals surface area (Å²) in [5, 5.41) is 12.3. The minimum absolute atomic E-state index is 0.00375. The highest BCUT2D eigenvalue weighted by atomic mass is 16.4. The van der Waals surface area contributed by atoms with Crippen LogP contribution < -0.4 is 5.32 Å². The van der Waals surface area contributed by atoms with Gasteiger partial charge in [0.2, 0.25) is 5.91 Å². The van der Waals surface area contributed by atoms with Crippen LogP contribution in [0.1, 0.15) is 24.8 Å². The van der Waals surface area contributed by atoms with Crippen molar-refractivity contribution in [1.29, 1.82) is 0 Å². The third kappa shape index (κ3) is 3.17. The number of rotatable bonds is 5. The van der Waals surface area contributed by atoms with E-state index in [1.54, 1.807) is 0 Å². The summed E-state index contributed by atoms with van der Waals surface area (Å²) in [4.78, 5) is 25.3. The van der Waals surface area contributed by atoms with E-state index in [9.17, 15) is 14.7 Å². The molecule has 0 spiro atoms. The lowest BCUT2D eigenvalue weighted by Crippen LogP contribution is -2.56. The normalized spacial score (nSPS) is 21.2. The Kier molecular flexibility index (Phi) is 4.74. The zero-order chi connectivity index (χ0) is 14.5. The van der Waals surface area contributed by atoms with Crippen molar-refractivity contribution in [1.82, 2.24) is 10.2 Å². The van der Waals surface area contributed by atoms with Gasteiger partial charge < -0.3 is 10.4 Å². The first-order valence-electron chi connectivity index (χ1n) is 6.93. The van der Waals surface area contributed by atoms with E-state index in [2.05, 4.69) is 5.32 Å².